The summed E-state index contributed by atoms with van der Waals surface area (Å²) in [5.41, 5.74) is 0. The standard InChI is InChI=1S/C8H16.Cl3Si/c1-7-5-3-4-6-8(7)2;1-4(2)3/h7-8H,3-6H2,1-2H3;. The van der Waals surface area contributed by atoms with Crippen molar-refractivity contribution < 1.29 is 0 Å². The van der Waals surface area contributed by atoms with Crippen molar-refractivity contribution in [2.75, 3.05) is 0 Å². The van der Waals surface area contributed by atoms with Crippen LogP contribution in [0.4, 0.5) is 0 Å². The lowest BCUT2D eigenvalue weighted by atomic mass is 9.82. The summed E-state index contributed by atoms with van der Waals surface area (Å²) >= 11 is 14.7. The molecule has 0 amide bonds. The Morgan fingerprint density at radius 2 is 1.17 bits per heavy atom. The molecule has 0 aromatic rings. The Balaban J connectivity index is 0.000000261. The van der Waals surface area contributed by atoms with Crippen molar-refractivity contribution in [3.05, 3.63) is 0 Å². The van der Waals surface area contributed by atoms with Crippen LogP contribution >= 0.6 is 33.2 Å². The van der Waals surface area contributed by atoms with Gasteiger partial charge in [0, 0.05) is 0 Å². The van der Waals surface area contributed by atoms with Gasteiger partial charge in [0.2, 0.25) is 0 Å². The van der Waals surface area contributed by atoms with Crippen molar-refractivity contribution in [1.29, 1.82) is 0 Å². The summed E-state index contributed by atoms with van der Waals surface area (Å²) in [5.74, 6) is 2.01. The van der Waals surface area contributed by atoms with Gasteiger partial charge in [0.15, 0.2) is 0 Å². The van der Waals surface area contributed by atoms with E-state index in [9.17, 15) is 0 Å². The van der Waals surface area contributed by atoms with Gasteiger partial charge in [0.1, 0.15) is 0 Å². The molecule has 1 rings (SSSR count). The summed E-state index contributed by atoms with van der Waals surface area (Å²) in [4.78, 5) is 0. The molecular formula is C8H16Cl3Si. The van der Waals surface area contributed by atoms with Gasteiger partial charge in [0.25, 0.3) is 0 Å². The van der Waals surface area contributed by atoms with Crippen LogP contribution in [0, 0.1) is 11.8 Å². The first-order chi connectivity index (χ1) is 5.54. The van der Waals surface area contributed by atoms with Crippen LogP contribution in [0.2, 0.25) is 0 Å². The van der Waals surface area contributed by atoms with Gasteiger partial charge in [-0.05, 0) is 11.8 Å². The molecule has 1 fully saturated rings. The van der Waals surface area contributed by atoms with Crippen molar-refractivity contribution in [2.45, 2.75) is 39.5 Å². The van der Waals surface area contributed by atoms with E-state index < -0.39 is 6.73 Å². The van der Waals surface area contributed by atoms with Crippen molar-refractivity contribution in [3.63, 3.8) is 0 Å². The van der Waals surface area contributed by atoms with Crippen LogP contribution in [0.1, 0.15) is 39.5 Å². The minimum absolute atomic E-state index is 1.00. The van der Waals surface area contributed by atoms with Crippen LogP contribution in [-0.4, -0.2) is 6.73 Å². The smallest absolute Gasteiger partial charge is 0.125 e. The van der Waals surface area contributed by atoms with Crippen molar-refractivity contribution in [2.24, 2.45) is 11.8 Å². The van der Waals surface area contributed by atoms with Crippen molar-refractivity contribution >= 4 is 40.0 Å². The second kappa shape index (κ2) is 7.49. The summed E-state index contributed by atoms with van der Waals surface area (Å²) in [5, 5.41) is 0. The van der Waals surface area contributed by atoms with E-state index >= 15 is 0 Å². The van der Waals surface area contributed by atoms with E-state index in [1.54, 1.807) is 0 Å². The third-order valence-electron chi connectivity index (χ3n) is 2.54. The summed E-state index contributed by atoms with van der Waals surface area (Å²) < 4.78 is 0. The maximum atomic E-state index is 4.91. The molecule has 1 aliphatic rings. The molecule has 1 saturated carbocycles. The molecule has 1 aliphatic carbocycles. The van der Waals surface area contributed by atoms with E-state index in [1.807, 2.05) is 0 Å². The summed E-state index contributed by atoms with van der Waals surface area (Å²) in [6, 6.07) is 0. The molecule has 2 atom stereocenters. The quantitative estimate of drug-likeness (QED) is 0.435. The minimum atomic E-state index is -1.46. The molecule has 4 heteroatoms. The van der Waals surface area contributed by atoms with Crippen LogP contribution in [-0.2, 0) is 0 Å². The molecule has 0 nitrogen and oxygen atoms in total. The predicted molar refractivity (Wildman–Crippen MR) is 60.1 cm³/mol. The molecule has 0 heterocycles. The normalized spacial score (nSPS) is 29.5. The van der Waals surface area contributed by atoms with Gasteiger partial charge in [-0.25, -0.2) is 0 Å². The minimum Gasteiger partial charge on any atom is -0.125 e. The van der Waals surface area contributed by atoms with Crippen LogP contribution in [0.3, 0.4) is 0 Å². The number of hydrogen-bond donors (Lipinski definition) is 0. The van der Waals surface area contributed by atoms with Gasteiger partial charge < -0.3 is 0 Å². The average molecular weight is 247 g/mol. The fourth-order valence-corrected chi connectivity index (χ4v) is 1.50. The highest BCUT2D eigenvalue weighted by atomic mass is 35.8. The Morgan fingerprint density at radius 3 is 1.33 bits per heavy atom. The lowest BCUT2D eigenvalue weighted by Crippen LogP contribution is -2.12. The average Bonchev–Trinajstić information content (AvgIpc) is 1.94. The lowest BCUT2D eigenvalue weighted by molar-refractivity contribution is 0.277. The summed E-state index contributed by atoms with van der Waals surface area (Å²) in [7, 11) is 0. The Bertz CT molecular complexity index is 95.7. The van der Waals surface area contributed by atoms with Crippen molar-refractivity contribution in [3.8, 4) is 0 Å². The van der Waals surface area contributed by atoms with Gasteiger partial charge >= 0.3 is 6.73 Å². The number of hydrogen-bond acceptors (Lipinski definition) is 0. The fraction of sp³-hybridized carbons (Fsp3) is 1.00. The zero-order valence-electron chi connectivity index (χ0n) is 7.62. The van der Waals surface area contributed by atoms with Crippen LogP contribution in [0.25, 0.3) is 0 Å². The lowest BCUT2D eigenvalue weighted by Gasteiger charge is -2.24. The van der Waals surface area contributed by atoms with Gasteiger partial charge in [-0.1, -0.05) is 39.5 Å². The molecule has 0 saturated heterocycles. The van der Waals surface area contributed by atoms with E-state index in [-0.39, 0.29) is 0 Å². The van der Waals surface area contributed by atoms with Gasteiger partial charge in [-0.15, -0.1) is 33.2 Å². The molecule has 73 valence electrons. The van der Waals surface area contributed by atoms with E-state index in [1.165, 1.54) is 25.7 Å². The second-order valence-electron chi connectivity index (χ2n) is 3.45. The Morgan fingerprint density at radius 1 is 0.917 bits per heavy atom. The third-order valence-corrected chi connectivity index (χ3v) is 2.54. The Kier molecular flexibility index (Phi) is 8.17. The number of halogens is 3. The predicted octanol–water partition coefficient (Wildman–Crippen LogP) is 4.52. The molecular weight excluding hydrogens is 231 g/mol. The second-order valence-corrected chi connectivity index (χ2v) is 9.02. The van der Waals surface area contributed by atoms with E-state index in [2.05, 4.69) is 13.8 Å². The zero-order valence-corrected chi connectivity index (χ0v) is 10.9. The van der Waals surface area contributed by atoms with Crippen LogP contribution in [0.15, 0.2) is 0 Å². The monoisotopic (exact) mass is 245 g/mol. The molecule has 0 aliphatic heterocycles. The largest absolute Gasteiger partial charge is 0.376 e. The molecule has 0 bridgehead atoms. The first-order valence-corrected chi connectivity index (χ1v) is 8.91. The summed E-state index contributed by atoms with van der Waals surface area (Å²) in [6.45, 7) is 3.29. The molecule has 0 spiro atoms. The molecule has 12 heavy (non-hydrogen) atoms. The van der Waals surface area contributed by atoms with Crippen molar-refractivity contribution in [1.82, 2.24) is 0 Å². The number of rotatable bonds is 0. The first-order valence-electron chi connectivity index (χ1n) is 4.37. The molecule has 0 aromatic heterocycles. The highest BCUT2D eigenvalue weighted by Crippen LogP contribution is 2.28. The highest BCUT2D eigenvalue weighted by Gasteiger charge is 2.15. The Hall–Kier alpha value is 1.09. The van der Waals surface area contributed by atoms with E-state index in [0.717, 1.165) is 11.8 Å². The SMILES string of the molecule is CC1CCCCC1C.Cl[Si](Cl)Cl. The van der Waals surface area contributed by atoms with Crippen LogP contribution < -0.4 is 0 Å². The third kappa shape index (κ3) is 7.72. The fourth-order valence-electron chi connectivity index (χ4n) is 1.50. The maximum absolute atomic E-state index is 4.91. The van der Waals surface area contributed by atoms with Gasteiger partial charge in [-0.3, -0.25) is 0 Å². The zero-order chi connectivity index (χ0) is 9.56. The van der Waals surface area contributed by atoms with E-state index in [0.29, 0.717) is 0 Å². The first kappa shape index (κ1) is 13.1. The highest BCUT2D eigenvalue weighted by molar-refractivity contribution is 7.54. The van der Waals surface area contributed by atoms with Crippen LogP contribution in [0.5, 0.6) is 0 Å². The van der Waals surface area contributed by atoms with Gasteiger partial charge in [0.05, 0.1) is 0 Å². The summed E-state index contributed by atoms with van der Waals surface area (Å²) in [6.07, 6.45) is 5.90. The molecule has 0 aromatic carbocycles. The molecule has 2 unspecified atom stereocenters. The van der Waals surface area contributed by atoms with E-state index in [4.69, 9.17) is 33.2 Å². The Labute approximate surface area is 91.3 Å². The topological polar surface area (TPSA) is 0 Å². The molecule has 0 N–H and O–H groups in total. The maximum Gasteiger partial charge on any atom is 0.376 e. The van der Waals surface area contributed by atoms with Gasteiger partial charge in [-0.2, -0.15) is 0 Å². The molecule has 1 radical (unpaired) electrons.